The summed E-state index contributed by atoms with van der Waals surface area (Å²) in [6, 6.07) is 3.82. The molecule has 1 amide bonds. The van der Waals surface area contributed by atoms with Crippen molar-refractivity contribution in [2.75, 3.05) is 38.7 Å². The molecule has 2 heterocycles. The summed E-state index contributed by atoms with van der Waals surface area (Å²) in [6.45, 7) is 2.10. The highest BCUT2D eigenvalue weighted by atomic mass is 35.5. The van der Waals surface area contributed by atoms with Gasteiger partial charge >= 0.3 is 6.09 Å². The summed E-state index contributed by atoms with van der Waals surface area (Å²) in [7, 11) is 4.02. The van der Waals surface area contributed by atoms with E-state index in [4.69, 9.17) is 4.74 Å². The molecule has 118 valence electrons. The zero-order chi connectivity index (χ0) is 14.4. The minimum Gasteiger partial charge on any atom is -0.449 e. The lowest BCUT2D eigenvalue weighted by atomic mass is 10.2. The number of hydrogen-bond acceptors (Lipinski definition) is 4. The Labute approximate surface area is 132 Å². The topological polar surface area (TPSA) is 45.7 Å². The van der Waals surface area contributed by atoms with E-state index in [0.29, 0.717) is 13.2 Å². The van der Waals surface area contributed by atoms with E-state index in [1.54, 1.807) is 11.1 Å². The second-order valence-electron chi connectivity index (χ2n) is 5.35. The SMILES string of the molecule is CN(C)CCCOC(=O)N1CCCCc2ncccc21.Cl. The number of carbonyl (C=O) groups excluding carboxylic acids is 1. The summed E-state index contributed by atoms with van der Waals surface area (Å²) in [5.41, 5.74) is 1.90. The van der Waals surface area contributed by atoms with Crippen LogP contribution in [0.4, 0.5) is 10.5 Å². The number of aryl methyl sites for hydroxylation is 1. The number of aromatic nitrogens is 1. The molecule has 0 N–H and O–H groups in total. The van der Waals surface area contributed by atoms with Gasteiger partial charge in [0, 0.05) is 19.3 Å². The van der Waals surface area contributed by atoms with E-state index in [9.17, 15) is 4.79 Å². The fourth-order valence-corrected chi connectivity index (χ4v) is 2.36. The van der Waals surface area contributed by atoms with Crippen LogP contribution in [0.3, 0.4) is 0 Å². The highest BCUT2D eigenvalue weighted by Crippen LogP contribution is 2.24. The fraction of sp³-hybridized carbons (Fsp3) is 0.600. The number of nitrogens with zero attached hydrogens (tertiary/aromatic N) is 3. The molecule has 0 saturated heterocycles. The Morgan fingerprint density at radius 1 is 1.43 bits per heavy atom. The largest absolute Gasteiger partial charge is 0.449 e. The lowest BCUT2D eigenvalue weighted by Gasteiger charge is -2.21. The number of carbonyl (C=O) groups is 1. The molecule has 0 unspecified atom stereocenters. The van der Waals surface area contributed by atoms with Gasteiger partial charge in [-0.1, -0.05) is 0 Å². The Morgan fingerprint density at radius 3 is 3.00 bits per heavy atom. The molecular weight excluding hydrogens is 290 g/mol. The Hall–Kier alpha value is -1.33. The zero-order valence-corrected chi connectivity index (χ0v) is 13.6. The van der Waals surface area contributed by atoms with Gasteiger partial charge in [-0.15, -0.1) is 12.4 Å². The van der Waals surface area contributed by atoms with Gasteiger partial charge < -0.3 is 9.64 Å². The minimum atomic E-state index is -0.250. The van der Waals surface area contributed by atoms with E-state index >= 15 is 0 Å². The summed E-state index contributed by atoms with van der Waals surface area (Å²) >= 11 is 0. The second-order valence-corrected chi connectivity index (χ2v) is 5.35. The Bertz CT molecular complexity index is 454. The van der Waals surface area contributed by atoms with Gasteiger partial charge in [0.1, 0.15) is 0 Å². The lowest BCUT2D eigenvalue weighted by Crippen LogP contribution is -2.33. The van der Waals surface area contributed by atoms with Crippen molar-refractivity contribution in [3.63, 3.8) is 0 Å². The number of pyridine rings is 1. The predicted octanol–water partition coefficient (Wildman–Crippen LogP) is 2.73. The van der Waals surface area contributed by atoms with Crippen molar-refractivity contribution < 1.29 is 9.53 Å². The smallest absolute Gasteiger partial charge is 0.414 e. The van der Waals surface area contributed by atoms with Crippen LogP contribution in [0.15, 0.2) is 18.3 Å². The number of ether oxygens (including phenoxy) is 1. The number of amides is 1. The monoisotopic (exact) mass is 313 g/mol. The zero-order valence-electron chi connectivity index (χ0n) is 12.7. The van der Waals surface area contributed by atoms with E-state index in [2.05, 4.69) is 9.88 Å². The van der Waals surface area contributed by atoms with Crippen LogP contribution in [-0.2, 0) is 11.2 Å². The summed E-state index contributed by atoms with van der Waals surface area (Å²) in [4.78, 5) is 20.4. The summed E-state index contributed by atoms with van der Waals surface area (Å²) in [6.07, 6.45) is 5.37. The first-order valence-corrected chi connectivity index (χ1v) is 7.21. The van der Waals surface area contributed by atoms with Gasteiger partial charge in [-0.25, -0.2) is 4.79 Å². The van der Waals surface area contributed by atoms with Gasteiger partial charge in [-0.05, 0) is 51.9 Å². The molecule has 1 aromatic heterocycles. The molecule has 5 nitrogen and oxygen atoms in total. The maximum Gasteiger partial charge on any atom is 0.414 e. The number of rotatable bonds is 4. The quantitative estimate of drug-likeness (QED) is 0.802. The third-order valence-corrected chi connectivity index (χ3v) is 3.40. The van der Waals surface area contributed by atoms with Crippen LogP contribution in [0.25, 0.3) is 0 Å². The van der Waals surface area contributed by atoms with Crippen molar-refractivity contribution in [2.24, 2.45) is 0 Å². The number of halogens is 1. The van der Waals surface area contributed by atoms with Crippen LogP contribution < -0.4 is 4.90 Å². The van der Waals surface area contributed by atoms with Crippen LogP contribution in [0.5, 0.6) is 0 Å². The number of fused-ring (bicyclic) bond motifs is 1. The highest BCUT2D eigenvalue weighted by Gasteiger charge is 2.22. The van der Waals surface area contributed by atoms with Gasteiger partial charge in [0.2, 0.25) is 0 Å². The van der Waals surface area contributed by atoms with Crippen molar-refractivity contribution in [2.45, 2.75) is 25.7 Å². The highest BCUT2D eigenvalue weighted by molar-refractivity contribution is 5.88. The van der Waals surface area contributed by atoms with Crippen LogP contribution in [0.1, 0.15) is 25.0 Å². The standard InChI is InChI=1S/C15H23N3O2.ClH/c1-17(2)10-6-12-20-15(19)18-11-4-3-7-13-14(18)8-5-9-16-13;/h5,8-9H,3-4,6-7,10-12H2,1-2H3;1H. The third kappa shape index (κ3) is 5.17. The molecule has 1 aliphatic heterocycles. The van der Waals surface area contributed by atoms with Crippen LogP contribution in [-0.4, -0.2) is 49.8 Å². The molecule has 0 atom stereocenters. The minimum absolute atomic E-state index is 0. The molecule has 0 radical (unpaired) electrons. The Balaban J connectivity index is 0.00000220. The average molecular weight is 314 g/mol. The molecule has 2 rings (SSSR count). The van der Waals surface area contributed by atoms with Crippen LogP contribution in [0, 0.1) is 0 Å². The van der Waals surface area contributed by atoms with Crippen molar-refractivity contribution in [3.05, 3.63) is 24.0 Å². The third-order valence-electron chi connectivity index (χ3n) is 3.40. The molecule has 6 heteroatoms. The molecule has 1 aromatic rings. The van der Waals surface area contributed by atoms with Crippen LogP contribution in [0.2, 0.25) is 0 Å². The molecule has 0 spiro atoms. The predicted molar refractivity (Wildman–Crippen MR) is 86.3 cm³/mol. The van der Waals surface area contributed by atoms with E-state index in [1.807, 2.05) is 26.2 Å². The summed E-state index contributed by atoms with van der Waals surface area (Å²) in [5.74, 6) is 0. The van der Waals surface area contributed by atoms with E-state index < -0.39 is 0 Å². The first-order chi connectivity index (χ1) is 9.68. The van der Waals surface area contributed by atoms with Crippen molar-refractivity contribution in [1.29, 1.82) is 0 Å². The van der Waals surface area contributed by atoms with E-state index in [0.717, 1.165) is 43.6 Å². The first-order valence-electron chi connectivity index (χ1n) is 7.21. The number of anilines is 1. The molecule has 0 saturated carbocycles. The summed E-state index contributed by atoms with van der Waals surface area (Å²) < 4.78 is 5.38. The number of hydrogen-bond donors (Lipinski definition) is 0. The van der Waals surface area contributed by atoms with Crippen molar-refractivity contribution >= 4 is 24.2 Å². The van der Waals surface area contributed by atoms with Crippen molar-refractivity contribution in [3.8, 4) is 0 Å². The Morgan fingerprint density at radius 2 is 2.24 bits per heavy atom. The molecule has 0 aromatic carbocycles. The molecule has 21 heavy (non-hydrogen) atoms. The first kappa shape index (κ1) is 17.7. The van der Waals surface area contributed by atoms with E-state index in [1.165, 1.54) is 0 Å². The molecule has 0 bridgehead atoms. The average Bonchev–Trinajstić information content (AvgIpc) is 2.65. The van der Waals surface area contributed by atoms with Gasteiger partial charge in [0.05, 0.1) is 18.0 Å². The van der Waals surface area contributed by atoms with Gasteiger partial charge in [-0.2, -0.15) is 0 Å². The molecular formula is C15H24ClN3O2. The molecule has 1 aliphatic rings. The van der Waals surface area contributed by atoms with E-state index in [-0.39, 0.29) is 18.5 Å². The normalized spacial score (nSPS) is 14.1. The lowest BCUT2D eigenvalue weighted by molar-refractivity contribution is 0.148. The maximum atomic E-state index is 12.2. The van der Waals surface area contributed by atoms with Gasteiger partial charge in [0.25, 0.3) is 0 Å². The summed E-state index contributed by atoms with van der Waals surface area (Å²) in [5, 5.41) is 0. The second kappa shape index (κ2) is 8.85. The molecule has 0 fully saturated rings. The maximum absolute atomic E-state index is 12.2. The fourth-order valence-electron chi connectivity index (χ4n) is 2.36. The van der Waals surface area contributed by atoms with Gasteiger partial charge in [-0.3, -0.25) is 9.88 Å². The molecule has 0 aliphatic carbocycles. The van der Waals surface area contributed by atoms with Crippen molar-refractivity contribution in [1.82, 2.24) is 9.88 Å². The van der Waals surface area contributed by atoms with Crippen LogP contribution >= 0.6 is 12.4 Å². The Kier molecular flexibility index (Phi) is 7.47. The van der Waals surface area contributed by atoms with Gasteiger partial charge in [0.15, 0.2) is 0 Å².